The number of carbonyl (C=O) groups excluding carboxylic acids is 1. The molecule has 0 spiro atoms. The Kier molecular flexibility index (Phi) is 3.00. The highest BCUT2D eigenvalue weighted by Gasteiger charge is 2.37. The van der Waals surface area contributed by atoms with Gasteiger partial charge < -0.3 is 10.5 Å². The number of hydrogen-bond acceptors (Lipinski definition) is 5. The van der Waals surface area contributed by atoms with E-state index in [1.807, 2.05) is 0 Å². The lowest BCUT2D eigenvalue weighted by Gasteiger charge is -2.11. The summed E-state index contributed by atoms with van der Waals surface area (Å²) in [5, 5.41) is 0. The number of sulfone groups is 1. The van der Waals surface area contributed by atoms with Crippen LogP contribution >= 0.6 is 0 Å². The third-order valence-corrected chi connectivity index (χ3v) is 4.97. The second kappa shape index (κ2) is 4.22. The van der Waals surface area contributed by atoms with Crippen molar-refractivity contribution in [2.75, 3.05) is 7.11 Å². The summed E-state index contributed by atoms with van der Waals surface area (Å²) in [6.07, 6.45) is 1.43. The maximum absolute atomic E-state index is 12.3. The molecular weight excluding hydrogens is 254 g/mol. The largest absolute Gasteiger partial charge is 0.468 e. The van der Waals surface area contributed by atoms with Gasteiger partial charge in [-0.15, -0.1) is 0 Å². The third-order valence-electron chi connectivity index (χ3n) is 2.88. The van der Waals surface area contributed by atoms with Crippen LogP contribution in [-0.2, 0) is 19.4 Å². The highest BCUT2D eigenvalue weighted by Crippen LogP contribution is 2.36. The number of aryl methyl sites for hydroxylation is 1. The van der Waals surface area contributed by atoms with Crippen molar-refractivity contribution in [3.8, 4) is 0 Å². The number of hydrogen-bond donors (Lipinski definition) is 1. The standard InChI is InChI=1S/C12H13NO4S/c1-7-4-3-5-8-6-9(10(13)12(14)17-2)18(15,16)11(7)8/h3-6,10H,13H2,1-2H3. The first-order valence-corrected chi connectivity index (χ1v) is 6.77. The van der Waals surface area contributed by atoms with Crippen molar-refractivity contribution in [2.45, 2.75) is 17.9 Å². The van der Waals surface area contributed by atoms with Crippen LogP contribution in [-0.4, -0.2) is 27.5 Å². The molecule has 2 N–H and O–H groups in total. The van der Waals surface area contributed by atoms with Crippen molar-refractivity contribution >= 4 is 21.9 Å². The second-order valence-corrected chi connectivity index (χ2v) is 5.93. The number of esters is 1. The SMILES string of the molecule is COC(=O)C(N)C1=Cc2cccc(C)c2S1(=O)=O. The lowest BCUT2D eigenvalue weighted by molar-refractivity contribution is -0.141. The summed E-state index contributed by atoms with van der Waals surface area (Å²) < 4.78 is 29.1. The molecule has 5 nitrogen and oxygen atoms in total. The van der Waals surface area contributed by atoms with E-state index >= 15 is 0 Å². The van der Waals surface area contributed by atoms with E-state index in [0.717, 1.165) is 0 Å². The number of ether oxygens (including phenoxy) is 1. The number of benzene rings is 1. The number of carbonyl (C=O) groups is 1. The van der Waals surface area contributed by atoms with E-state index in [0.29, 0.717) is 11.1 Å². The molecule has 1 aliphatic rings. The Labute approximate surface area is 105 Å². The highest BCUT2D eigenvalue weighted by molar-refractivity contribution is 7.96. The van der Waals surface area contributed by atoms with Crippen LogP contribution < -0.4 is 5.73 Å². The minimum absolute atomic E-state index is 0.112. The molecule has 0 radical (unpaired) electrons. The molecule has 18 heavy (non-hydrogen) atoms. The van der Waals surface area contributed by atoms with Gasteiger partial charge in [0.2, 0.25) is 9.84 Å². The molecule has 0 bridgehead atoms. The van der Waals surface area contributed by atoms with Crippen molar-refractivity contribution in [3.63, 3.8) is 0 Å². The van der Waals surface area contributed by atoms with E-state index in [1.165, 1.54) is 13.2 Å². The minimum Gasteiger partial charge on any atom is -0.468 e. The van der Waals surface area contributed by atoms with E-state index in [4.69, 9.17) is 5.73 Å². The number of nitrogens with two attached hydrogens (primary N) is 1. The molecule has 1 aliphatic heterocycles. The fourth-order valence-corrected chi connectivity index (χ4v) is 3.88. The Balaban J connectivity index is 2.58. The van der Waals surface area contributed by atoms with E-state index in [2.05, 4.69) is 4.74 Å². The summed E-state index contributed by atoms with van der Waals surface area (Å²) in [6, 6.07) is 3.85. The summed E-state index contributed by atoms with van der Waals surface area (Å²) in [5.41, 5.74) is 6.81. The van der Waals surface area contributed by atoms with E-state index < -0.39 is 21.8 Å². The van der Waals surface area contributed by atoms with Gasteiger partial charge in [0.05, 0.1) is 16.9 Å². The number of fused-ring (bicyclic) bond motifs is 1. The van der Waals surface area contributed by atoms with Crippen LogP contribution in [0.25, 0.3) is 6.08 Å². The van der Waals surface area contributed by atoms with E-state index in [9.17, 15) is 13.2 Å². The van der Waals surface area contributed by atoms with Gasteiger partial charge in [-0.05, 0) is 24.1 Å². The molecule has 96 valence electrons. The normalized spacial score (nSPS) is 17.8. The fraction of sp³-hybridized carbons (Fsp3) is 0.250. The molecule has 0 amide bonds. The molecule has 1 unspecified atom stereocenters. The quantitative estimate of drug-likeness (QED) is 0.794. The molecule has 1 heterocycles. The van der Waals surface area contributed by atoms with Crippen molar-refractivity contribution in [2.24, 2.45) is 5.73 Å². The Morgan fingerprint density at radius 2 is 2.06 bits per heavy atom. The van der Waals surface area contributed by atoms with Gasteiger partial charge in [-0.2, -0.15) is 0 Å². The maximum Gasteiger partial charge on any atom is 0.328 e. The van der Waals surface area contributed by atoms with Gasteiger partial charge in [-0.1, -0.05) is 18.2 Å². The molecule has 1 aromatic rings. The molecule has 1 atom stereocenters. The predicted octanol–water partition coefficient (Wildman–Crippen LogP) is 0.624. The van der Waals surface area contributed by atoms with Crippen molar-refractivity contribution in [1.82, 2.24) is 0 Å². The topological polar surface area (TPSA) is 86.5 Å². The van der Waals surface area contributed by atoms with Gasteiger partial charge >= 0.3 is 5.97 Å². The lowest BCUT2D eigenvalue weighted by Crippen LogP contribution is -2.35. The Morgan fingerprint density at radius 1 is 1.39 bits per heavy atom. The second-order valence-electron chi connectivity index (χ2n) is 4.04. The molecule has 0 aliphatic carbocycles. The van der Waals surface area contributed by atoms with Crippen LogP contribution in [0.3, 0.4) is 0 Å². The summed E-state index contributed by atoms with van der Waals surface area (Å²) in [6.45, 7) is 1.71. The van der Waals surface area contributed by atoms with Gasteiger partial charge in [0.1, 0.15) is 6.04 Å². The molecule has 0 saturated heterocycles. The lowest BCUT2D eigenvalue weighted by atomic mass is 10.1. The van der Waals surface area contributed by atoms with Crippen LogP contribution in [0.15, 0.2) is 28.0 Å². The van der Waals surface area contributed by atoms with Crippen molar-refractivity contribution in [1.29, 1.82) is 0 Å². The first-order chi connectivity index (χ1) is 8.39. The van der Waals surface area contributed by atoms with Crippen molar-refractivity contribution in [3.05, 3.63) is 34.2 Å². The van der Waals surface area contributed by atoms with Gasteiger partial charge in [-0.3, -0.25) is 0 Å². The molecular formula is C12H13NO4S. The van der Waals surface area contributed by atoms with Crippen LogP contribution in [0.5, 0.6) is 0 Å². The number of rotatable bonds is 2. The van der Waals surface area contributed by atoms with E-state index in [-0.39, 0.29) is 9.80 Å². The van der Waals surface area contributed by atoms with E-state index in [1.54, 1.807) is 25.1 Å². The average Bonchev–Trinajstić information content (AvgIpc) is 2.60. The monoisotopic (exact) mass is 267 g/mol. The highest BCUT2D eigenvalue weighted by atomic mass is 32.2. The van der Waals surface area contributed by atoms with Gasteiger partial charge in [0.25, 0.3) is 0 Å². The Bertz CT molecular complexity index is 646. The zero-order valence-electron chi connectivity index (χ0n) is 10.0. The Hall–Kier alpha value is -1.66. The summed E-state index contributed by atoms with van der Waals surface area (Å²) >= 11 is 0. The first-order valence-electron chi connectivity index (χ1n) is 5.29. The third kappa shape index (κ3) is 1.74. The summed E-state index contributed by atoms with van der Waals surface area (Å²) in [4.78, 5) is 11.5. The molecule has 6 heteroatoms. The zero-order valence-corrected chi connectivity index (χ0v) is 10.8. The van der Waals surface area contributed by atoms with Crippen LogP contribution in [0.2, 0.25) is 0 Å². The molecule has 1 aromatic carbocycles. The van der Waals surface area contributed by atoms with Crippen LogP contribution in [0, 0.1) is 6.92 Å². The molecule has 0 aromatic heterocycles. The minimum atomic E-state index is -3.70. The zero-order chi connectivity index (χ0) is 13.5. The molecule has 2 rings (SSSR count). The maximum atomic E-state index is 12.3. The fourth-order valence-electron chi connectivity index (χ4n) is 2.00. The number of methoxy groups -OCH3 is 1. The van der Waals surface area contributed by atoms with Crippen LogP contribution in [0.4, 0.5) is 0 Å². The van der Waals surface area contributed by atoms with Crippen molar-refractivity contribution < 1.29 is 17.9 Å². The molecule has 0 fully saturated rings. The summed E-state index contributed by atoms with van der Waals surface area (Å²) in [7, 11) is -2.53. The average molecular weight is 267 g/mol. The van der Waals surface area contributed by atoms with Gasteiger partial charge in [-0.25, -0.2) is 13.2 Å². The summed E-state index contributed by atoms with van der Waals surface area (Å²) in [5.74, 6) is -0.768. The smallest absolute Gasteiger partial charge is 0.328 e. The molecule has 0 saturated carbocycles. The Morgan fingerprint density at radius 3 is 2.61 bits per heavy atom. The predicted molar refractivity (Wildman–Crippen MR) is 66.3 cm³/mol. The first kappa shape index (κ1) is 12.8. The van der Waals surface area contributed by atoms with Gasteiger partial charge in [0, 0.05) is 0 Å². The van der Waals surface area contributed by atoms with Gasteiger partial charge in [0.15, 0.2) is 0 Å². The van der Waals surface area contributed by atoms with Crippen LogP contribution in [0.1, 0.15) is 11.1 Å².